The average molecular weight is 582 g/mol. The van der Waals surface area contributed by atoms with Crippen LogP contribution in [0.1, 0.15) is 52.7 Å². The number of fused-ring (bicyclic) bond motifs is 4. The molecule has 44 heavy (non-hydrogen) atoms. The van der Waals surface area contributed by atoms with E-state index in [1.807, 2.05) is 30.6 Å². The number of ether oxygens (including phenoxy) is 1. The lowest BCUT2D eigenvalue weighted by Gasteiger charge is -2.21. The fourth-order valence-electron chi connectivity index (χ4n) is 6.12. The molecular formula is C38H39N5O. The molecule has 0 fully saturated rings. The molecule has 0 saturated carbocycles. The van der Waals surface area contributed by atoms with Crippen molar-refractivity contribution in [3.05, 3.63) is 108 Å². The van der Waals surface area contributed by atoms with Gasteiger partial charge in [-0.2, -0.15) is 0 Å². The van der Waals surface area contributed by atoms with Crippen molar-refractivity contribution in [1.82, 2.24) is 14.5 Å². The zero-order valence-corrected chi connectivity index (χ0v) is 26.6. The zero-order valence-electron chi connectivity index (χ0n) is 26.6. The molecule has 6 heteroatoms. The van der Waals surface area contributed by atoms with E-state index >= 15 is 0 Å². The fourth-order valence-corrected chi connectivity index (χ4v) is 6.12. The summed E-state index contributed by atoms with van der Waals surface area (Å²) in [5.41, 5.74) is 8.31. The van der Waals surface area contributed by atoms with E-state index in [0.29, 0.717) is 5.88 Å². The molecule has 3 aromatic carbocycles. The molecule has 222 valence electrons. The molecule has 0 saturated heterocycles. The van der Waals surface area contributed by atoms with E-state index in [1.165, 1.54) is 27.9 Å². The van der Waals surface area contributed by atoms with E-state index in [2.05, 4.69) is 135 Å². The normalized spacial score (nSPS) is 13.6. The summed E-state index contributed by atoms with van der Waals surface area (Å²) in [4.78, 5) is 14.0. The number of pyridine rings is 2. The van der Waals surface area contributed by atoms with Gasteiger partial charge in [0, 0.05) is 48.0 Å². The van der Waals surface area contributed by atoms with Gasteiger partial charge in [-0.1, -0.05) is 65.8 Å². The van der Waals surface area contributed by atoms with Crippen molar-refractivity contribution in [3.63, 3.8) is 0 Å². The number of nitrogens with zero attached hydrogens (tertiary/aromatic N) is 5. The third-order valence-electron chi connectivity index (χ3n) is 8.64. The van der Waals surface area contributed by atoms with E-state index in [4.69, 9.17) is 9.72 Å². The van der Waals surface area contributed by atoms with Crippen LogP contribution < -0.4 is 14.5 Å². The van der Waals surface area contributed by atoms with E-state index in [0.717, 1.165) is 40.3 Å². The Morgan fingerprint density at radius 3 is 2.18 bits per heavy atom. The Bertz CT molecular complexity index is 2030. The topological polar surface area (TPSA) is 46.4 Å². The van der Waals surface area contributed by atoms with Crippen LogP contribution in [0.5, 0.6) is 11.6 Å². The fraction of sp³-hybridized carbons (Fsp3) is 0.263. The largest absolute Gasteiger partial charge is 0.439 e. The number of aromatic nitrogens is 3. The second kappa shape index (κ2) is 10.1. The Kier molecular flexibility index (Phi) is 6.43. The van der Waals surface area contributed by atoms with Crippen molar-refractivity contribution in [2.45, 2.75) is 52.4 Å². The number of hydrogen-bond donors (Lipinski definition) is 0. The minimum Gasteiger partial charge on any atom is -0.439 e. The van der Waals surface area contributed by atoms with Gasteiger partial charge in [0.15, 0.2) is 0 Å². The Morgan fingerprint density at radius 2 is 1.39 bits per heavy atom. The van der Waals surface area contributed by atoms with Gasteiger partial charge in [0.25, 0.3) is 0 Å². The molecule has 0 spiro atoms. The lowest BCUT2D eigenvalue weighted by atomic mass is 9.86. The standard InChI is InChI=1S/C38H39N5O/c1-37(2,3)25-12-15-32-34(20-25)41(7)24-42(32)27-17-19-40-36(22-27)44-28-13-14-30-29-10-8-9-11-31(29)43(33(30)23-28)35-21-26(16-18-39-35)38(4,5)6/h8-23H,24H2,1-7H3. The van der Waals surface area contributed by atoms with Crippen molar-refractivity contribution in [2.24, 2.45) is 0 Å². The minimum absolute atomic E-state index is 0.0148. The Morgan fingerprint density at radius 1 is 0.659 bits per heavy atom. The van der Waals surface area contributed by atoms with Gasteiger partial charge in [-0.3, -0.25) is 4.57 Å². The molecule has 6 aromatic rings. The monoisotopic (exact) mass is 581 g/mol. The van der Waals surface area contributed by atoms with Crippen LogP contribution in [-0.4, -0.2) is 28.3 Å². The Hall–Kier alpha value is -4.84. The van der Waals surface area contributed by atoms with Crippen molar-refractivity contribution < 1.29 is 4.74 Å². The summed E-state index contributed by atoms with van der Waals surface area (Å²) in [5, 5.41) is 2.34. The van der Waals surface area contributed by atoms with Crippen LogP contribution in [0.2, 0.25) is 0 Å². The van der Waals surface area contributed by atoms with Gasteiger partial charge >= 0.3 is 0 Å². The number of rotatable bonds is 4. The van der Waals surface area contributed by atoms with Gasteiger partial charge in [-0.15, -0.1) is 0 Å². The van der Waals surface area contributed by atoms with E-state index in [9.17, 15) is 0 Å². The van der Waals surface area contributed by atoms with Gasteiger partial charge in [0.1, 0.15) is 11.6 Å². The summed E-state index contributed by atoms with van der Waals surface area (Å²) in [6.45, 7) is 14.2. The molecule has 0 atom stereocenters. The highest BCUT2D eigenvalue weighted by Crippen LogP contribution is 2.43. The summed E-state index contributed by atoms with van der Waals surface area (Å²) in [6, 6.07) is 29.9. The molecule has 1 aliphatic rings. The zero-order chi connectivity index (χ0) is 30.8. The molecule has 0 N–H and O–H groups in total. The van der Waals surface area contributed by atoms with Gasteiger partial charge in [0.2, 0.25) is 5.88 Å². The second-order valence-electron chi connectivity index (χ2n) is 13.9. The molecule has 3 aromatic heterocycles. The van der Waals surface area contributed by atoms with Crippen LogP contribution in [0, 0.1) is 0 Å². The molecule has 0 bridgehead atoms. The van der Waals surface area contributed by atoms with E-state index in [-0.39, 0.29) is 10.8 Å². The Labute approximate surface area is 259 Å². The van der Waals surface area contributed by atoms with Crippen molar-refractivity contribution in [3.8, 4) is 17.4 Å². The third-order valence-corrected chi connectivity index (χ3v) is 8.64. The quantitative estimate of drug-likeness (QED) is 0.207. The number of hydrogen-bond acceptors (Lipinski definition) is 5. The highest BCUT2D eigenvalue weighted by Gasteiger charge is 2.27. The highest BCUT2D eigenvalue weighted by molar-refractivity contribution is 6.09. The molecule has 4 heterocycles. The number of para-hydroxylation sites is 1. The molecule has 7 rings (SSSR count). The summed E-state index contributed by atoms with van der Waals surface area (Å²) >= 11 is 0. The number of benzene rings is 3. The predicted octanol–water partition coefficient (Wildman–Crippen LogP) is 9.51. The van der Waals surface area contributed by atoms with Crippen molar-refractivity contribution in [2.75, 3.05) is 23.5 Å². The highest BCUT2D eigenvalue weighted by atomic mass is 16.5. The predicted molar refractivity (Wildman–Crippen MR) is 182 cm³/mol. The molecule has 0 amide bonds. The maximum Gasteiger partial charge on any atom is 0.221 e. The molecular weight excluding hydrogens is 542 g/mol. The van der Waals surface area contributed by atoms with Crippen LogP contribution in [0.15, 0.2) is 97.3 Å². The Balaban J connectivity index is 1.26. The SMILES string of the molecule is CN1CN(c2ccnc(Oc3ccc4c5ccccc5n(-c5cc(C(C)(C)C)ccn5)c4c3)c2)c2ccc(C(C)(C)C)cc21. The van der Waals surface area contributed by atoms with Crippen LogP contribution in [0.4, 0.5) is 17.1 Å². The molecule has 6 nitrogen and oxygen atoms in total. The molecule has 0 radical (unpaired) electrons. The van der Waals surface area contributed by atoms with Gasteiger partial charge in [-0.25, -0.2) is 9.97 Å². The lowest BCUT2D eigenvalue weighted by molar-refractivity contribution is 0.463. The van der Waals surface area contributed by atoms with Crippen molar-refractivity contribution >= 4 is 38.9 Å². The third kappa shape index (κ3) is 4.84. The molecule has 0 aliphatic carbocycles. The first-order chi connectivity index (χ1) is 21.0. The maximum atomic E-state index is 6.45. The maximum absolute atomic E-state index is 6.45. The minimum atomic E-state index is 0.0148. The summed E-state index contributed by atoms with van der Waals surface area (Å²) < 4.78 is 8.68. The van der Waals surface area contributed by atoms with Crippen LogP contribution in [-0.2, 0) is 10.8 Å². The van der Waals surface area contributed by atoms with Gasteiger partial charge in [-0.05, 0) is 70.5 Å². The van der Waals surface area contributed by atoms with E-state index in [1.54, 1.807) is 0 Å². The molecule has 1 aliphatic heterocycles. The van der Waals surface area contributed by atoms with Crippen LogP contribution in [0.25, 0.3) is 27.6 Å². The summed E-state index contributed by atoms with van der Waals surface area (Å²) in [5.74, 6) is 2.18. The smallest absolute Gasteiger partial charge is 0.221 e. The van der Waals surface area contributed by atoms with Crippen LogP contribution >= 0.6 is 0 Å². The van der Waals surface area contributed by atoms with Gasteiger partial charge < -0.3 is 14.5 Å². The lowest BCUT2D eigenvalue weighted by Crippen LogP contribution is -2.24. The average Bonchev–Trinajstić information content (AvgIpc) is 3.50. The van der Waals surface area contributed by atoms with E-state index < -0.39 is 0 Å². The van der Waals surface area contributed by atoms with Crippen LogP contribution in [0.3, 0.4) is 0 Å². The first kappa shape index (κ1) is 28.0. The molecule has 0 unspecified atom stereocenters. The second-order valence-corrected chi connectivity index (χ2v) is 13.9. The summed E-state index contributed by atoms with van der Waals surface area (Å²) in [6.07, 6.45) is 3.73. The first-order valence-corrected chi connectivity index (χ1v) is 15.2. The summed E-state index contributed by atoms with van der Waals surface area (Å²) in [7, 11) is 2.14. The van der Waals surface area contributed by atoms with Gasteiger partial charge in [0.05, 0.1) is 29.1 Å². The first-order valence-electron chi connectivity index (χ1n) is 15.2. The number of anilines is 3. The van der Waals surface area contributed by atoms with Crippen molar-refractivity contribution in [1.29, 1.82) is 0 Å².